The van der Waals surface area contributed by atoms with Gasteiger partial charge in [0.2, 0.25) is 0 Å². The quantitative estimate of drug-likeness (QED) is 0.872. The fourth-order valence-electron chi connectivity index (χ4n) is 1.95. The van der Waals surface area contributed by atoms with Crippen LogP contribution in [0.2, 0.25) is 0 Å². The zero-order valence-electron chi connectivity index (χ0n) is 9.86. The van der Waals surface area contributed by atoms with Gasteiger partial charge in [0, 0.05) is 12.0 Å². The molecule has 0 aliphatic carbocycles. The molecule has 92 valence electrons. The number of rotatable bonds is 3. The van der Waals surface area contributed by atoms with Crippen molar-refractivity contribution in [1.29, 1.82) is 0 Å². The lowest BCUT2D eigenvalue weighted by molar-refractivity contribution is 0.115. The number of carbonyl (C=O) groups is 1. The largest absolute Gasteiger partial charge is 0.493 e. The number of hydrogen-bond acceptors (Lipinski definition) is 4. The molecule has 5 heteroatoms. The van der Waals surface area contributed by atoms with Crippen LogP contribution in [0.15, 0.2) is 18.2 Å². The van der Waals surface area contributed by atoms with E-state index in [1.54, 1.807) is 14.2 Å². The van der Waals surface area contributed by atoms with E-state index >= 15 is 0 Å². The average molecular weight is 237 g/mol. The summed E-state index contributed by atoms with van der Waals surface area (Å²) in [5.41, 5.74) is 0.906. The van der Waals surface area contributed by atoms with Crippen LogP contribution < -0.4 is 14.8 Å². The van der Waals surface area contributed by atoms with Crippen molar-refractivity contribution in [3.05, 3.63) is 23.8 Å². The maximum atomic E-state index is 11.2. The minimum Gasteiger partial charge on any atom is -0.493 e. The molecule has 1 aliphatic heterocycles. The Labute approximate surface area is 99.7 Å². The fourth-order valence-corrected chi connectivity index (χ4v) is 1.95. The molecule has 1 aromatic rings. The van der Waals surface area contributed by atoms with Gasteiger partial charge in [-0.1, -0.05) is 12.1 Å². The van der Waals surface area contributed by atoms with Crippen molar-refractivity contribution in [2.75, 3.05) is 20.8 Å². The van der Waals surface area contributed by atoms with Crippen LogP contribution in [-0.2, 0) is 4.74 Å². The van der Waals surface area contributed by atoms with E-state index < -0.39 is 6.09 Å². The van der Waals surface area contributed by atoms with Gasteiger partial charge in [-0.25, -0.2) is 4.79 Å². The first-order valence-electron chi connectivity index (χ1n) is 5.40. The second-order valence-electron chi connectivity index (χ2n) is 3.70. The second kappa shape index (κ2) is 4.95. The highest BCUT2D eigenvalue weighted by molar-refractivity contribution is 5.69. The minimum atomic E-state index is -0.397. The van der Waals surface area contributed by atoms with E-state index in [2.05, 4.69) is 5.32 Å². The van der Waals surface area contributed by atoms with Crippen LogP contribution in [0, 0.1) is 0 Å². The maximum Gasteiger partial charge on any atom is 0.407 e. The Balaban J connectivity index is 2.33. The molecule has 1 N–H and O–H groups in total. The Morgan fingerprint density at radius 3 is 2.82 bits per heavy atom. The van der Waals surface area contributed by atoms with Gasteiger partial charge in [-0.3, -0.25) is 0 Å². The van der Waals surface area contributed by atoms with Crippen LogP contribution in [0.25, 0.3) is 0 Å². The number of hydrogen-bond donors (Lipinski definition) is 1. The number of methoxy groups -OCH3 is 2. The van der Waals surface area contributed by atoms with E-state index in [1.165, 1.54) is 0 Å². The monoisotopic (exact) mass is 237 g/mol. The van der Waals surface area contributed by atoms with E-state index in [0.717, 1.165) is 12.0 Å². The molecule has 0 unspecified atom stereocenters. The predicted octanol–water partition coefficient (Wildman–Crippen LogP) is 1.87. The molecule has 0 bridgehead atoms. The summed E-state index contributed by atoms with van der Waals surface area (Å²) in [6.45, 7) is 0.414. The highest BCUT2D eigenvalue weighted by Crippen LogP contribution is 2.36. The number of benzene rings is 1. The molecule has 17 heavy (non-hydrogen) atoms. The highest BCUT2D eigenvalue weighted by atomic mass is 16.6. The lowest BCUT2D eigenvalue weighted by Crippen LogP contribution is -2.35. The number of cyclic esters (lactones) is 1. The zero-order chi connectivity index (χ0) is 12.3. The van der Waals surface area contributed by atoms with E-state index in [9.17, 15) is 4.79 Å². The number of para-hydroxylation sites is 1. The van der Waals surface area contributed by atoms with Crippen molar-refractivity contribution in [1.82, 2.24) is 5.32 Å². The van der Waals surface area contributed by atoms with Gasteiger partial charge < -0.3 is 19.5 Å². The van der Waals surface area contributed by atoms with Crippen LogP contribution in [0.3, 0.4) is 0 Å². The topological polar surface area (TPSA) is 56.8 Å². The summed E-state index contributed by atoms with van der Waals surface area (Å²) >= 11 is 0. The van der Waals surface area contributed by atoms with Crippen LogP contribution >= 0.6 is 0 Å². The zero-order valence-corrected chi connectivity index (χ0v) is 9.86. The molecular formula is C12H15NO4. The number of ether oxygens (including phenoxy) is 3. The van der Waals surface area contributed by atoms with Gasteiger partial charge in [0.25, 0.3) is 0 Å². The van der Waals surface area contributed by atoms with Crippen LogP contribution in [0.1, 0.15) is 18.0 Å². The Bertz CT molecular complexity index is 419. The summed E-state index contributed by atoms with van der Waals surface area (Å²) in [5, 5.41) is 2.76. The molecule has 0 aromatic heterocycles. The predicted molar refractivity (Wildman–Crippen MR) is 61.4 cm³/mol. The Morgan fingerprint density at radius 1 is 1.35 bits per heavy atom. The molecule has 1 fully saturated rings. The third kappa shape index (κ3) is 2.27. The molecule has 1 atom stereocenters. The molecule has 1 saturated heterocycles. The normalized spacial score (nSPS) is 19.2. The number of nitrogens with one attached hydrogen (secondary N) is 1. The van der Waals surface area contributed by atoms with E-state index in [1.807, 2.05) is 18.2 Å². The lowest BCUT2D eigenvalue weighted by Gasteiger charge is -2.25. The third-order valence-corrected chi connectivity index (χ3v) is 2.74. The first kappa shape index (κ1) is 11.6. The van der Waals surface area contributed by atoms with Crippen molar-refractivity contribution in [2.45, 2.75) is 12.5 Å². The van der Waals surface area contributed by atoms with Gasteiger partial charge in [0.05, 0.1) is 26.9 Å². The van der Waals surface area contributed by atoms with Gasteiger partial charge >= 0.3 is 6.09 Å². The van der Waals surface area contributed by atoms with Crippen LogP contribution in [0.5, 0.6) is 11.5 Å². The second-order valence-corrected chi connectivity index (χ2v) is 3.70. The molecule has 1 aliphatic rings. The van der Waals surface area contributed by atoms with Crippen molar-refractivity contribution in [3.8, 4) is 11.5 Å². The molecule has 0 saturated carbocycles. The smallest absolute Gasteiger partial charge is 0.407 e. The maximum absolute atomic E-state index is 11.2. The summed E-state index contributed by atoms with van der Waals surface area (Å²) in [7, 11) is 3.17. The molecule has 0 radical (unpaired) electrons. The summed E-state index contributed by atoms with van der Waals surface area (Å²) in [6.07, 6.45) is 0.320. The first-order valence-corrected chi connectivity index (χ1v) is 5.40. The number of carbonyl (C=O) groups excluding carboxylic acids is 1. The third-order valence-electron chi connectivity index (χ3n) is 2.74. The minimum absolute atomic E-state index is 0.0960. The molecular weight excluding hydrogens is 222 g/mol. The van der Waals surface area contributed by atoms with E-state index in [0.29, 0.717) is 18.1 Å². The van der Waals surface area contributed by atoms with Crippen molar-refractivity contribution in [2.24, 2.45) is 0 Å². The van der Waals surface area contributed by atoms with Crippen molar-refractivity contribution < 1.29 is 19.0 Å². The Hall–Kier alpha value is -1.91. The van der Waals surface area contributed by atoms with Gasteiger partial charge in [-0.15, -0.1) is 0 Å². The Kier molecular flexibility index (Phi) is 3.37. The summed E-state index contributed by atoms with van der Waals surface area (Å²) < 4.78 is 15.4. The SMILES string of the molecule is COc1cccc([C@H]2CCOC(=O)N2)c1OC. The fraction of sp³-hybridized carbons (Fsp3) is 0.417. The van der Waals surface area contributed by atoms with Crippen molar-refractivity contribution in [3.63, 3.8) is 0 Å². The van der Waals surface area contributed by atoms with Crippen molar-refractivity contribution >= 4 is 6.09 Å². The van der Waals surface area contributed by atoms with E-state index in [-0.39, 0.29) is 6.04 Å². The summed E-state index contributed by atoms with van der Waals surface area (Å²) in [5.74, 6) is 1.31. The van der Waals surface area contributed by atoms with Crippen LogP contribution in [0.4, 0.5) is 4.79 Å². The first-order chi connectivity index (χ1) is 8.26. The van der Waals surface area contributed by atoms with E-state index in [4.69, 9.17) is 14.2 Å². The summed E-state index contributed by atoms with van der Waals surface area (Å²) in [4.78, 5) is 11.2. The van der Waals surface area contributed by atoms with Gasteiger partial charge in [0.15, 0.2) is 11.5 Å². The Morgan fingerprint density at radius 2 is 2.18 bits per heavy atom. The molecule has 1 amide bonds. The molecule has 1 heterocycles. The van der Waals surface area contributed by atoms with Crippen LogP contribution in [-0.4, -0.2) is 26.9 Å². The highest BCUT2D eigenvalue weighted by Gasteiger charge is 2.24. The summed E-state index contributed by atoms with van der Waals surface area (Å²) in [6, 6.07) is 5.51. The van der Waals surface area contributed by atoms with Gasteiger partial charge in [0.1, 0.15) is 0 Å². The van der Waals surface area contributed by atoms with Gasteiger partial charge in [-0.2, -0.15) is 0 Å². The molecule has 5 nitrogen and oxygen atoms in total. The molecule has 2 rings (SSSR count). The molecule has 0 spiro atoms. The van der Waals surface area contributed by atoms with Gasteiger partial charge in [-0.05, 0) is 6.07 Å². The number of amides is 1. The standard InChI is InChI=1S/C12H15NO4/c1-15-10-5-3-4-8(11(10)16-2)9-6-7-17-12(14)13-9/h3-5,9H,6-7H2,1-2H3,(H,13,14)/t9-/m1/s1. The average Bonchev–Trinajstić information content (AvgIpc) is 2.37. The molecule has 1 aromatic carbocycles. The lowest BCUT2D eigenvalue weighted by atomic mass is 10.0. The number of alkyl carbamates (subject to hydrolysis) is 1.